The normalized spacial score (nSPS) is 26.0. The van der Waals surface area contributed by atoms with Gasteiger partial charge in [0.2, 0.25) is 0 Å². The topological polar surface area (TPSA) is 26.0 Å². The predicted molar refractivity (Wildman–Crippen MR) is 42.2 cm³/mol. The van der Waals surface area contributed by atoms with Gasteiger partial charge in [-0.05, 0) is 17.9 Å². The van der Waals surface area contributed by atoms with Crippen molar-refractivity contribution in [1.29, 1.82) is 0 Å². The van der Waals surface area contributed by atoms with Gasteiger partial charge in [-0.3, -0.25) is 0 Å². The molecule has 0 fully saturated rings. The molecule has 1 aliphatic rings. The lowest BCUT2D eigenvalue weighted by molar-refractivity contribution is 0.726. The van der Waals surface area contributed by atoms with Gasteiger partial charge >= 0.3 is 0 Å². The summed E-state index contributed by atoms with van der Waals surface area (Å²) in [5.41, 5.74) is 6.72. The fourth-order valence-electron chi connectivity index (χ4n) is 1.06. The van der Waals surface area contributed by atoms with Crippen molar-refractivity contribution in [3.63, 3.8) is 0 Å². The molecule has 1 aliphatic carbocycles. The fourth-order valence-corrected chi connectivity index (χ4v) is 1.06. The molecule has 0 amide bonds. The van der Waals surface area contributed by atoms with E-state index < -0.39 is 0 Å². The highest BCUT2D eigenvalue weighted by molar-refractivity contribution is 5.24. The SMILES string of the molecule is CC1C=C(CN)C=CC1.[HH]. The third-order valence-corrected chi connectivity index (χ3v) is 1.57. The average molecular weight is 125 g/mol. The maximum atomic E-state index is 5.45. The zero-order chi connectivity index (χ0) is 6.69. The number of hydrogen-bond donors (Lipinski definition) is 1. The summed E-state index contributed by atoms with van der Waals surface area (Å²) in [6.45, 7) is 2.89. The highest BCUT2D eigenvalue weighted by Crippen LogP contribution is 2.14. The molecule has 2 N–H and O–H groups in total. The van der Waals surface area contributed by atoms with E-state index in [-0.39, 0.29) is 1.43 Å². The molecule has 1 nitrogen and oxygen atoms in total. The van der Waals surface area contributed by atoms with Crippen molar-refractivity contribution in [2.45, 2.75) is 13.3 Å². The van der Waals surface area contributed by atoms with Crippen molar-refractivity contribution in [3.05, 3.63) is 23.8 Å². The molecule has 1 atom stereocenters. The van der Waals surface area contributed by atoms with Crippen LogP contribution in [0.2, 0.25) is 0 Å². The minimum absolute atomic E-state index is 0. The molecule has 0 bridgehead atoms. The third-order valence-electron chi connectivity index (χ3n) is 1.57. The summed E-state index contributed by atoms with van der Waals surface area (Å²) >= 11 is 0. The molecule has 0 heterocycles. The molecule has 0 aliphatic heterocycles. The first kappa shape index (κ1) is 6.56. The summed E-state index contributed by atoms with van der Waals surface area (Å²) in [5, 5.41) is 0. The Morgan fingerprint density at radius 3 is 3.11 bits per heavy atom. The van der Waals surface area contributed by atoms with Gasteiger partial charge in [-0.25, -0.2) is 0 Å². The van der Waals surface area contributed by atoms with Gasteiger partial charge in [-0.2, -0.15) is 0 Å². The Labute approximate surface area is 57.7 Å². The first-order valence-electron chi connectivity index (χ1n) is 3.40. The van der Waals surface area contributed by atoms with E-state index in [4.69, 9.17) is 5.73 Å². The van der Waals surface area contributed by atoms with Crippen LogP contribution in [0, 0.1) is 5.92 Å². The van der Waals surface area contributed by atoms with Crippen LogP contribution in [0.25, 0.3) is 0 Å². The molecular weight excluding hydrogens is 110 g/mol. The molecule has 0 aromatic heterocycles. The molecule has 1 rings (SSSR count). The van der Waals surface area contributed by atoms with Crippen molar-refractivity contribution in [1.82, 2.24) is 0 Å². The summed E-state index contributed by atoms with van der Waals surface area (Å²) in [5.74, 6) is 0.688. The summed E-state index contributed by atoms with van der Waals surface area (Å²) in [6, 6.07) is 0. The van der Waals surface area contributed by atoms with Gasteiger partial charge < -0.3 is 5.73 Å². The van der Waals surface area contributed by atoms with Crippen LogP contribution in [0.5, 0.6) is 0 Å². The van der Waals surface area contributed by atoms with Crippen molar-refractivity contribution >= 4 is 0 Å². The average Bonchev–Trinajstić information content (AvgIpc) is 1.88. The van der Waals surface area contributed by atoms with Gasteiger partial charge in [-0.1, -0.05) is 25.2 Å². The second-order valence-electron chi connectivity index (χ2n) is 2.56. The van der Waals surface area contributed by atoms with E-state index in [1.807, 2.05) is 0 Å². The van der Waals surface area contributed by atoms with E-state index in [0.29, 0.717) is 12.5 Å². The molecule has 0 spiro atoms. The van der Waals surface area contributed by atoms with Crippen molar-refractivity contribution in [2.24, 2.45) is 11.7 Å². The van der Waals surface area contributed by atoms with E-state index in [1.54, 1.807) is 0 Å². The van der Waals surface area contributed by atoms with Crippen molar-refractivity contribution < 1.29 is 1.43 Å². The van der Waals surface area contributed by atoms with Crippen LogP contribution in [0.4, 0.5) is 0 Å². The molecule has 52 valence electrons. The highest BCUT2D eigenvalue weighted by Gasteiger charge is 2.00. The zero-order valence-electron chi connectivity index (χ0n) is 5.80. The minimum Gasteiger partial charge on any atom is -0.327 e. The number of hydrogen-bond acceptors (Lipinski definition) is 1. The number of rotatable bonds is 1. The van der Waals surface area contributed by atoms with E-state index in [2.05, 4.69) is 25.2 Å². The Hall–Kier alpha value is -0.560. The lowest BCUT2D eigenvalue weighted by Gasteiger charge is -2.09. The molecule has 1 heteroatoms. The quantitative estimate of drug-likeness (QED) is 0.567. The maximum absolute atomic E-state index is 5.45. The predicted octanol–water partition coefficient (Wildman–Crippen LogP) is 1.71. The minimum atomic E-state index is 0. The number of allylic oxidation sites excluding steroid dienone is 2. The van der Waals surface area contributed by atoms with Gasteiger partial charge in [0.15, 0.2) is 0 Å². The summed E-state index contributed by atoms with van der Waals surface area (Å²) < 4.78 is 0. The Bertz CT molecular complexity index is 149. The van der Waals surface area contributed by atoms with Crippen LogP contribution in [0.3, 0.4) is 0 Å². The molecule has 1 unspecified atom stereocenters. The van der Waals surface area contributed by atoms with E-state index >= 15 is 0 Å². The molecular formula is C8H15N. The second-order valence-corrected chi connectivity index (χ2v) is 2.56. The number of nitrogens with two attached hydrogens (primary N) is 1. The zero-order valence-corrected chi connectivity index (χ0v) is 5.80. The van der Waals surface area contributed by atoms with E-state index in [1.165, 1.54) is 12.0 Å². The van der Waals surface area contributed by atoms with Crippen LogP contribution in [0.1, 0.15) is 14.8 Å². The van der Waals surface area contributed by atoms with Gasteiger partial charge in [-0.15, -0.1) is 0 Å². The lowest BCUT2D eigenvalue weighted by Crippen LogP contribution is -2.05. The van der Waals surface area contributed by atoms with Gasteiger partial charge in [0.05, 0.1) is 0 Å². The van der Waals surface area contributed by atoms with Crippen molar-refractivity contribution in [2.75, 3.05) is 6.54 Å². The first-order chi connectivity index (χ1) is 4.33. The molecule has 0 saturated carbocycles. The molecule has 0 aromatic carbocycles. The summed E-state index contributed by atoms with van der Waals surface area (Å²) in [4.78, 5) is 0. The van der Waals surface area contributed by atoms with Crippen LogP contribution in [-0.2, 0) is 0 Å². The maximum Gasteiger partial charge on any atom is 0.0174 e. The Morgan fingerprint density at radius 1 is 1.89 bits per heavy atom. The Balaban J connectivity index is 0.000000810. The van der Waals surface area contributed by atoms with Crippen LogP contribution >= 0.6 is 0 Å². The Kier molecular flexibility index (Phi) is 2.06. The largest absolute Gasteiger partial charge is 0.327 e. The first-order valence-corrected chi connectivity index (χ1v) is 3.40. The monoisotopic (exact) mass is 125 g/mol. The standard InChI is InChI=1S/C8H13N.H2/c1-7-3-2-4-8(5-7)6-9;/h2,4-5,7H,3,6,9H2,1H3;1H. The summed E-state index contributed by atoms with van der Waals surface area (Å²) in [7, 11) is 0. The van der Waals surface area contributed by atoms with Gasteiger partial charge in [0.25, 0.3) is 0 Å². The van der Waals surface area contributed by atoms with E-state index in [0.717, 1.165) is 0 Å². The van der Waals surface area contributed by atoms with Crippen molar-refractivity contribution in [3.8, 4) is 0 Å². The molecule has 0 saturated heterocycles. The lowest BCUT2D eigenvalue weighted by atomic mass is 9.98. The molecule has 9 heavy (non-hydrogen) atoms. The molecule has 0 radical (unpaired) electrons. The van der Waals surface area contributed by atoms with Crippen LogP contribution < -0.4 is 5.73 Å². The Morgan fingerprint density at radius 2 is 2.67 bits per heavy atom. The fraction of sp³-hybridized carbons (Fsp3) is 0.500. The third kappa shape index (κ3) is 1.68. The summed E-state index contributed by atoms with van der Waals surface area (Å²) in [6.07, 6.45) is 7.70. The van der Waals surface area contributed by atoms with Crippen LogP contribution in [-0.4, -0.2) is 6.54 Å². The molecule has 0 aromatic rings. The van der Waals surface area contributed by atoms with Crippen LogP contribution in [0.15, 0.2) is 23.8 Å². The van der Waals surface area contributed by atoms with Gasteiger partial charge in [0.1, 0.15) is 0 Å². The second kappa shape index (κ2) is 2.83. The smallest absolute Gasteiger partial charge is 0.0174 e. The van der Waals surface area contributed by atoms with Gasteiger partial charge in [0, 0.05) is 7.97 Å². The van der Waals surface area contributed by atoms with E-state index in [9.17, 15) is 0 Å². The highest BCUT2D eigenvalue weighted by atomic mass is 14.5.